The molecule has 76 valence electrons. The van der Waals surface area contributed by atoms with Crippen molar-refractivity contribution in [3.63, 3.8) is 0 Å². The Bertz CT molecular complexity index is 292. The van der Waals surface area contributed by atoms with E-state index in [4.69, 9.17) is 0 Å². The zero-order chi connectivity index (χ0) is 10.6. The van der Waals surface area contributed by atoms with Crippen LogP contribution in [0.15, 0.2) is 48.5 Å². The van der Waals surface area contributed by atoms with E-state index in [1.807, 2.05) is 6.20 Å². The second-order valence-electron chi connectivity index (χ2n) is 3.74. The highest BCUT2D eigenvalue weighted by atomic mass is 15.1. The fraction of sp³-hybridized carbons (Fsp3) is 0.385. The predicted molar refractivity (Wildman–Crippen MR) is 62.5 cm³/mol. The Morgan fingerprint density at radius 2 is 2.14 bits per heavy atom. The first-order chi connectivity index (χ1) is 6.69. The number of allylic oxidation sites excluding steroid dienone is 4. The Hall–Kier alpha value is -1.24. The van der Waals surface area contributed by atoms with Gasteiger partial charge in [-0.25, -0.2) is 0 Å². The molecule has 0 fully saturated rings. The summed E-state index contributed by atoms with van der Waals surface area (Å²) in [5.41, 5.74) is 2.56. The molecular weight excluding hydrogens is 170 g/mol. The highest BCUT2D eigenvalue weighted by molar-refractivity contribution is 5.36. The van der Waals surface area contributed by atoms with Crippen molar-refractivity contribution in [2.45, 2.75) is 27.2 Å². The topological polar surface area (TPSA) is 3.24 Å². The quantitative estimate of drug-likeness (QED) is 0.652. The third-order valence-corrected chi connectivity index (χ3v) is 2.31. The molecule has 0 aromatic carbocycles. The fourth-order valence-corrected chi connectivity index (χ4v) is 1.43. The zero-order valence-electron chi connectivity index (χ0n) is 9.33. The van der Waals surface area contributed by atoms with Crippen LogP contribution in [0.25, 0.3) is 0 Å². The molecule has 0 amide bonds. The molecule has 0 unspecified atom stereocenters. The molecule has 0 spiro atoms. The van der Waals surface area contributed by atoms with Crippen molar-refractivity contribution in [1.29, 1.82) is 0 Å². The van der Waals surface area contributed by atoms with Gasteiger partial charge in [0.1, 0.15) is 0 Å². The van der Waals surface area contributed by atoms with Gasteiger partial charge in [0.2, 0.25) is 0 Å². The molecule has 0 saturated heterocycles. The molecule has 1 aliphatic heterocycles. The molecule has 1 rings (SSSR count). The zero-order valence-corrected chi connectivity index (χ0v) is 9.33. The number of nitrogens with zero attached hydrogens (tertiary/aromatic N) is 1. The van der Waals surface area contributed by atoms with Crippen LogP contribution < -0.4 is 0 Å². The van der Waals surface area contributed by atoms with Gasteiger partial charge in [0.25, 0.3) is 0 Å². The van der Waals surface area contributed by atoms with Gasteiger partial charge in [0, 0.05) is 18.1 Å². The van der Waals surface area contributed by atoms with Crippen LogP contribution >= 0.6 is 0 Å². The Balaban J connectivity index is 2.90. The maximum absolute atomic E-state index is 3.82. The lowest BCUT2D eigenvalue weighted by molar-refractivity contribution is 0.616. The van der Waals surface area contributed by atoms with E-state index in [2.05, 4.69) is 56.7 Å². The molecule has 0 aliphatic carbocycles. The Morgan fingerprint density at radius 1 is 1.43 bits per heavy atom. The maximum atomic E-state index is 3.82. The van der Waals surface area contributed by atoms with Crippen LogP contribution in [0.5, 0.6) is 0 Å². The smallest absolute Gasteiger partial charge is 0.0409 e. The average molecular weight is 189 g/mol. The summed E-state index contributed by atoms with van der Waals surface area (Å²) in [5, 5.41) is 0. The predicted octanol–water partition coefficient (Wildman–Crippen LogP) is 3.84. The highest BCUT2D eigenvalue weighted by Gasteiger charge is 2.09. The summed E-state index contributed by atoms with van der Waals surface area (Å²) in [7, 11) is 0. The summed E-state index contributed by atoms with van der Waals surface area (Å²) in [6.07, 6.45) is 11.6. The van der Waals surface area contributed by atoms with Gasteiger partial charge in [0.15, 0.2) is 0 Å². The number of hydrogen-bond donors (Lipinski definition) is 0. The summed E-state index contributed by atoms with van der Waals surface area (Å²) in [5.74, 6) is 0.567. The molecule has 0 atom stereocenters. The first-order valence-corrected chi connectivity index (χ1v) is 5.20. The number of rotatable bonds is 3. The molecule has 14 heavy (non-hydrogen) atoms. The van der Waals surface area contributed by atoms with Crippen LogP contribution in [-0.2, 0) is 0 Å². The minimum absolute atomic E-state index is 0.567. The van der Waals surface area contributed by atoms with E-state index in [1.54, 1.807) is 0 Å². The van der Waals surface area contributed by atoms with Crippen LogP contribution in [0.3, 0.4) is 0 Å². The van der Waals surface area contributed by atoms with E-state index in [9.17, 15) is 0 Å². The molecule has 0 aromatic heterocycles. The summed E-state index contributed by atoms with van der Waals surface area (Å²) >= 11 is 0. The van der Waals surface area contributed by atoms with Gasteiger partial charge in [-0.05, 0) is 24.0 Å². The van der Waals surface area contributed by atoms with Crippen molar-refractivity contribution < 1.29 is 0 Å². The molecular formula is C13H19N. The van der Waals surface area contributed by atoms with Gasteiger partial charge in [-0.3, -0.25) is 0 Å². The molecule has 0 N–H and O–H groups in total. The SMILES string of the molecule is C=CN1C=C(C(C)C)C=C/C1=C/CC. The van der Waals surface area contributed by atoms with E-state index in [0.29, 0.717) is 5.92 Å². The van der Waals surface area contributed by atoms with E-state index >= 15 is 0 Å². The van der Waals surface area contributed by atoms with Crippen LogP contribution in [-0.4, -0.2) is 4.90 Å². The minimum atomic E-state index is 0.567. The fourth-order valence-electron chi connectivity index (χ4n) is 1.43. The van der Waals surface area contributed by atoms with Gasteiger partial charge in [-0.15, -0.1) is 0 Å². The maximum Gasteiger partial charge on any atom is 0.0409 e. The molecule has 1 heteroatoms. The molecule has 0 saturated carbocycles. The third kappa shape index (κ3) is 2.38. The second-order valence-corrected chi connectivity index (χ2v) is 3.74. The van der Waals surface area contributed by atoms with Gasteiger partial charge in [-0.1, -0.05) is 39.5 Å². The summed E-state index contributed by atoms with van der Waals surface area (Å²) < 4.78 is 0. The molecule has 1 nitrogen and oxygen atoms in total. The van der Waals surface area contributed by atoms with Gasteiger partial charge in [0.05, 0.1) is 0 Å². The van der Waals surface area contributed by atoms with E-state index in [-0.39, 0.29) is 0 Å². The molecule has 1 aliphatic rings. The third-order valence-electron chi connectivity index (χ3n) is 2.31. The summed E-state index contributed by atoms with van der Waals surface area (Å²) in [4.78, 5) is 2.08. The Kier molecular flexibility index (Phi) is 3.75. The van der Waals surface area contributed by atoms with Crippen LogP contribution in [0.1, 0.15) is 27.2 Å². The van der Waals surface area contributed by atoms with Crippen molar-refractivity contribution >= 4 is 0 Å². The Morgan fingerprint density at radius 3 is 2.64 bits per heavy atom. The molecule has 0 aromatic rings. The first-order valence-electron chi connectivity index (χ1n) is 5.20. The molecule has 0 bridgehead atoms. The van der Waals surface area contributed by atoms with Crippen molar-refractivity contribution in [2.75, 3.05) is 0 Å². The van der Waals surface area contributed by atoms with E-state index in [1.165, 1.54) is 11.3 Å². The lowest BCUT2D eigenvalue weighted by Gasteiger charge is -2.23. The summed E-state index contributed by atoms with van der Waals surface area (Å²) in [6.45, 7) is 10.4. The molecule has 0 radical (unpaired) electrons. The summed E-state index contributed by atoms with van der Waals surface area (Å²) in [6, 6.07) is 0. The standard InChI is InChI=1S/C13H19N/c1-5-7-13-9-8-12(11(3)4)10-14(13)6-2/h6-11H,2,5H2,1,3-4H3/b13-7-. The average Bonchev–Trinajstić information content (AvgIpc) is 2.18. The Labute approximate surface area is 87.1 Å². The lowest BCUT2D eigenvalue weighted by Crippen LogP contribution is -2.12. The highest BCUT2D eigenvalue weighted by Crippen LogP contribution is 2.22. The van der Waals surface area contributed by atoms with Crippen LogP contribution in [0, 0.1) is 5.92 Å². The van der Waals surface area contributed by atoms with Crippen molar-refractivity contribution in [3.8, 4) is 0 Å². The second kappa shape index (κ2) is 4.85. The largest absolute Gasteiger partial charge is 0.325 e. The van der Waals surface area contributed by atoms with Gasteiger partial charge >= 0.3 is 0 Å². The van der Waals surface area contributed by atoms with Gasteiger partial charge < -0.3 is 4.90 Å². The van der Waals surface area contributed by atoms with Crippen molar-refractivity contribution in [1.82, 2.24) is 4.90 Å². The van der Waals surface area contributed by atoms with Crippen molar-refractivity contribution in [3.05, 3.63) is 48.5 Å². The number of hydrogen-bond acceptors (Lipinski definition) is 1. The van der Waals surface area contributed by atoms with E-state index < -0.39 is 0 Å². The minimum Gasteiger partial charge on any atom is -0.325 e. The monoisotopic (exact) mass is 189 g/mol. The van der Waals surface area contributed by atoms with Crippen LogP contribution in [0.2, 0.25) is 0 Å². The van der Waals surface area contributed by atoms with Gasteiger partial charge in [-0.2, -0.15) is 0 Å². The lowest BCUT2D eigenvalue weighted by atomic mass is 10.0. The van der Waals surface area contributed by atoms with E-state index in [0.717, 1.165) is 6.42 Å². The van der Waals surface area contributed by atoms with Crippen LogP contribution in [0.4, 0.5) is 0 Å². The van der Waals surface area contributed by atoms with Crippen molar-refractivity contribution in [2.24, 2.45) is 5.92 Å². The molecule has 1 heterocycles. The first kappa shape index (κ1) is 10.8. The normalized spacial score (nSPS) is 19.0.